The lowest BCUT2D eigenvalue weighted by Gasteiger charge is -2.09. The minimum atomic E-state index is -0.0912. The van der Waals surface area contributed by atoms with Gasteiger partial charge in [0.2, 0.25) is 0 Å². The SMILES string of the molecule is Cc1cscc1C(=O)NC(C)CC#N. The highest BCUT2D eigenvalue weighted by molar-refractivity contribution is 7.08. The standard InChI is InChI=1S/C10H12N2OS/c1-7-5-14-6-9(7)10(13)12-8(2)3-4-11/h5-6,8H,3H2,1-2H3,(H,12,13). The van der Waals surface area contributed by atoms with Crippen molar-refractivity contribution in [2.75, 3.05) is 0 Å². The minimum absolute atomic E-state index is 0.0909. The zero-order chi connectivity index (χ0) is 10.6. The molecule has 0 saturated heterocycles. The van der Waals surface area contributed by atoms with E-state index < -0.39 is 0 Å². The summed E-state index contributed by atoms with van der Waals surface area (Å²) >= 11 is 1.51. The topological polar surface area (TPSA) is 52.9 Å². The van der Waals surface area contributed by atoms with Gasteiger partial charge in [-0.2, -0.15) is 16.6 Å². The molecule has 0 aliphatic carbocycles. The zero-order valence-electron chi connectivity index (χ0n) is 8.20. The van der Waals surface area contributed by atoms with Gasteiger partial charge in [0.05, 0.1) is 18.1 Å². The Balaban J connectivity index is 2.60. The molecule has 4 heteroatoms. The molecule has 0 spiro atoms. The van der Waals surface area contributed by atoms with Gasteiger partial charge in [0.25, 0.3) is 5.91 Å². The van der Waals surface area contributed by atoms with Crippen LogP contribution in [0.1, 0.15) is 29.3 Å². The second-order valence-electron chi connectivity index (χ2n) is 3.21. The quantitative estimate of drug-likeness (QED) is 0.826. The number of carbonyl (C=O) groups excluding carboxylic acids is 1. The maximum atomic E-state index is 11.6. The van der Waals surface area contributed by atoms with Gasteiger partial charge in [-0.3, -0.25) is 4.79 Å². The van der Waals surface area contributed by atoms with Crippen LogP contribution in [0.5, 0.6) is 0 Å². The van der Waals surface area contributed by atoms with E-state index in [2.05, 4.69) is 5.32 Å². The first kappa shape index (κ1) is 10.7. The van der Waals surface area contributed by atoms with Crippen molar-refractivity contribution >= 4 is 17.2 Å². The van der Waals surface area contributed by atoms with Gasteiger partial charge in [0, 0.05) is 11.4 Å². The van der Waals surface area contributed by atoms with Crippen LogP contribution in [0.2, 0.25) is 0 Å². The summed E-state index contributed by atoms with van der Waals surface area (Å²) in [5.41, 5.74) is 1.69. The summed E-state index contributed by atoms with van der Waals surface area (Å²) in [4.78, 5) is 11.6. The van der Waals surface area contributed by atoms with Gasteiger partial charge in [-0.1, -0.05) is 0 Å². The van der Waals surface area contributed by atoms with E-state index in [0.29, 0.717) is 12.0 Å². The van der Waals surface area contributed by atoms with Crippen molar-refractivity contribution < 1.29 is 4.79 Å². The average molecular weight is 208 g/mol. The number of nitriles is 1. The largest absolute Gasteiger partial charge is 0.349 e. The van der Waals surface area contributed by atoms with Crippen LogP contribution >= 0.6 is 11.3 Å². The summed E-state index contributed by atoms with van der Waals surface area (Å²) in [5.74, 6) is -0.0912. The third kappa shape index (κ3) is 2.57. The van der Waals surface area contributed by atoms with Crippen molar-refractivity contribution in [3.05, 3.63) is 21.9 Å². The second-order valence-corrected chi connectivity index (χ2v) is 3.95. The van der Waals surface area contributed by atoms with Crippen LogP contribution in [0, 0.1) is 18.3 Å². The molecule has 0 aromatic carbocycles. The normalized spacial score (nSPS) is 11.8. The molecule has 1 N–H and O–H groups in total. The number of hydrogen-bond donors (Lipinski definition) is 1. The van der Waals surface area contributed by atoms with E-state index >= 15 is 0 Å². The molecular formula is C10H12N2OS. The van der Waals surface area contributed by atoms with E-state index in [4.69, 9.17) is 5.26 Å². The lowest BCUT2D eigenvalue weighted by molar-refractivity contribution is 0.0940. The molecule has 14 heavy (non-hydrogen) atoms. The van der Waals surface area contributed by atoms with Crippen molar-refractivity contribution in [1.29, 1.82) is 5.26 Å². The molecule has 0 aliphatic rings. The fourth-order valence-electron chi connectivity index (χ4n) is 1.08. The van der Waals surface area contributed by atoms with E-state index in [-0.39, 0.29) is 11.9 Å². The number of rotatable bonds is 3. The van der Waals surface area contributed by atoms with Crippen LogP contribution in [0.15, 0.2) is 10.8 Å². The smallest absolute Gasteiger partial charge is 0.252 e. The van der Waals surface area contributed by atoms with Crippen LogP contribution < -0.4 is 5.32 Å². The Morgan fingerprint density at radius 3 is 2.93 bits per heavy atom. The van der Waals surface area contributed by atoms with Crippen LogP contribution in [0.4, 0.5) is 0 Å². The zero-order valence-corrected chi connectivity index (χ0v) is 9.02. The molecular weight excluding hydrogens is 196 g/mol. The fourth-order valence-corrected chi connectivity index (χ4v) is 1.91. The molecule has 0 radical (unpaired) electrons. The summed E-state index contributed by atoms with van der Waals surface area (Å²) in [6.07, 6.45) is 0.342. The van der Waals surface area contributed by atoms with E-state index in [1.807, 2.05) is 30.7 Å². The van der Waals surface area contributed by atoms with E-state index in [1.165, 1.54) is 11.3 Å². The predicted octanol–water partition coefficient (Wildman–Crippen LogP) is 2.09. The predicted molar refractivity (Wildman–Crippen MR) is 56.2 cm³/mol. The van der Waals surface area contributed by atoms with Crippen molar-refractivity contribution in [2.45, 2.75) is 26.3 Å². The van der Waals surface area contributed by atoms with Crippen molar-refractivity contribution in [1.82, 2.24) is 5.32 Å². The monoisotopic (exact) mass is 208 g/mol. The van der Waals surface area contributed by atoms with Gasteiger partial charge < -0.3 is 5.32 Å². The Bertz CT molecular complexity index is 364. The molecule has 1 amide bonds. The minimum Gasteiger partial charge on any atom is -0.349 e. The van der Waals surface area contributed by atoms with Gasteiger partial charge in [0.1, 0.15) is 0 Å². The highest BCUT2D eigenvalue weighted by Gasteiger charge is 2.11. The second kappa shape index (κ2) is 4.77. The first-order valence-corrected chi connectivity index (χ1v) is 5.30. The third-order valence-corrected chi connectivity index (χ3v) is 2.74. The Hall–Kier alpha value is -1.34. The van der Waals surface area contributed by atoms with Crippen molar-refractivity contribution in [2.24, 2.45) is 0 Å². The summed E-state index contributed by atoms with van der Waals surface area (Å²) in [6.45, 7) is 3.73. The highest BCUT2D eigenvalue weighted by atomic mass is 32.1. The Morgan fingerprint density at radius 2 is 2.43 bits per heavy atom. The lowest BCUT2D eigenvalue weighted by Crippen LogP contribution is -2.32. The molecule has 3 nitrogen and oxygen atoms in total. The maximum Gasteiger partial charge on any atom is 0.252 e. The van der Waals surface area contributed by atoms with Gasteiger partial charge in [-0.05, 0) is 24.8 Å². The number of amides is 1. The molecule has 74 valence electrons. The number of aryl methyl sites for hydroxylation is 1. The van der Waals surface area contributed by atoms with E-state index in [1.54, 1.807) is 0 Å². The number of hydrogen-bond acceptors (Lipinski definition) is 3. The summed E-state index contributed by atoms with van der Waals surface area (Å²) in [7, 11) is 0. The molecule has 1 heterocycles. The molecule has 0 saturated carbocycles. The Morgan fingerprint density at radius 1 is 1.71 bits per heavy atom. The molecule has 0 bridgehead atoms. The molecule has 0 fully saturated rings. The average Bonchev–Trinajstić information content (AvgIpc) is 2.51. The molecule has 1 rings (SSSR count). The molecule has 1 unspecified atom stereocenters. The molecule has 1 atom stereocenters. The molecule has 0 aliphatic heterocycles. The number of thiophene rings is 1. The van der Waals surface area contributed by atoms with Gasteiger partial charge in [-0.15, -0.1) is 0 Å². The number of nitrogens with one attached hydrogen (secondary N) is 1. The Labute approximate surface area is 87.4 Å². The molecule has 1 aromatic rings. The first-order chi connectivity index (χ1) is 6.65. The van der Waals surface area contributed by atoms with Gasteiger partial charge >= 0.3 is 0 Å². The van der Waals surface area contributed by atoms with Crippen LogP contribution in [-0.2, 0) is 0 Å². The van der Waals surface area contributed by atoms with Crippen molar-refractivity contribution in [3.8, 4) is 6.07 Å². The fraction of sp³-hybridized carbons (Fsp3) is 0.400. The first-order valence-electron chi connectivity index (χ1n) is 4.35. The number of carbonyl (C=O) groups is 1. The third-order valence-electron chi connectivity index (χ3n) is 1.88. The summed E-state index contributed by atoms with van der Waals surface area (Å²) in [6, 6.07) is 1.93. The van der Waals surface area contributed by atoms with Crippen molar-refractivity contribution in [3.63, 3.8) is 0 Å². The maximum absolute atomic E-state index is 11.6. The van der Waals surface area contributed by atoms with Gasteiger partial charge in [-0.25, -0.2) is 0 Å². The Kier molecular flexibility index (Phi) is 3.66. The van der Waals surface area contributed by atoms with Crippen LogP contribution in [0.25, 0.3) is 0 Å². The van der Waals surface area contributed by atoms with E-state index in [9.17, 15) is 4.79 Å². The summed E-state index contributed by atoms with van der Waals surface area (Å²) < 4.78 is 0. The lowest BCUT2D eigenvalue weighted by atomic mass is 10.2. The number of nitrogens with zero attached hydrogens (tertiary/aromatic N) is 1. The van der Waals surface area contributed by atoms with Crippen LogP contribution in [-0.4, -0.2) is 11.9 Å². The molecule has 1 aromatic heterocycles. The highest BCUT2D eigenvalue weighted by Crippen LogP contribution is 2.13. The van der Waals surface area contributed by atoms with Crippen LogP contribution in [0.3, 0.4) is 0 Å². The summed E-state index contributed by atoms with van der Waals surface area (Å²) in [5, 5.41) is 15.0. The van der Waals surface area contributed by atoms with Gasteiger partial charge in [0.15, 0.2) is 0 Å². The van der Waals surface area contributed by atoms with E-state index in [0.717, 1.165) is 5.56 Å².